The van der Waals surface area contributed by atoms with Gasteiger partial charge in [0.1, 0.15) is 4.99 Å². The molecule has 1 aromatic carbocycles. The summed E-state index contributed by atoms with van der Waals surface area (Å²) in [6.45, 7) is 11.2. The van der Waals surface area contributed by atoms with E-state index < -0.39 is 12.6 Å². The van der Waals surface area contributed by atoms with Crippen molar-refractivity contribution in [1.29, 1.82) is 0 Å². The van der Waals surface area contributed by atoms with Gasteiger partial charge in [0, 0.05) is 9.92 Å². The molecule has 0 aromatic heterocycles. The van der Waals surface area contributed by atoms with Crippen molar-refractivity contribution in [2.75, 3.05) is 13.2 Å². The first-order valence-corrected chi connectivity index (χ1v) is 9.56. The van der Waals surface area contributed by atoms with Crippen molar-refractivity contribution < 1.29 is 13.6 Å². The van der Waals surface area contributed by atoms with E-state index >= 15 is 0 Å². The van der Waals surface area contributed by atoms with Gasteiger partial charge in [0.2, 0.25) is 0 Å². The van der Waals surface area contributed by atoms with Crippen LogP contribution in [0.5, 0.6) is 0 Å². The topological polar surface area (TPSA) is 35.5 Å². The van der Waals surface area contributed by atoms with Gasteiger partial charge in [-0.3, -0.25) is 4.57 Å². The summed E-state index contributed by atoms with van der Waals surface area (Å²) in [5, 5.41) is 0.651. The maximum Gasteiger partial charge on any atom is 0.344 e. The molecule has 0 radical (unpaired) electrons. The van der Waals surface area contributed by atoms with E-state index in [1.165, 1.54) is 11.8 Å². The van der Waals surface area contributed by atoms with Crippen molar-refractivity contribution in [2.45, 2.75) is 16.3 Å². The monoisotopic (exact) mass is 358 g/mol. The fourth-order valence-corrected chi connectivity index (χ4v) is 5.22. The molecule has 3 nitrogen and oxygen atoms in total. The summed E-state index contributed by atoms with van der Waals surface area (Å²) in [6.07, 6.45) is 5.28. The van der Waals surface area contributed by atoms with Crippen molar-refractivity contribution in [3.05, 3.63) is 67.3 Å². The molecule has 0 heterocycles. The van der Waals surface area contributed by atoms with Crippen LogP contribution in [0, 0.1) is 0 Å². The summed E-state index contributed by atoms with van der Waals surface area (Å²) < 4.78 is 24.0. The average molecular weight is 359 g/mol. The molecule has 0 saturated carbocycles. The van der Waals surface area contributed by atoms with Crippen molar-refractivity contribution in [1.82, 2.24) is 0 Å². The highest BCUT2D eigenvalue weighted by Gasteiger charge is 2.35. The van der Waals surface area contributed by atoms with Gasteiger partial charge in [0.05, 0.1) is 13.2 Å². The van der Waals surface area contributed by atoms with Crippen molar-refractivity contribution in [2.24, 2.45) is 0 Å². The van der Waals surface area contributed by atoms with Gasteiger partial charge in [0.25, 0.3) is 0 Å². The highest BCUT2D eigenvalue weighted by molar-refractivity contribution is 8.05. The van der Waals surface area contributed by atoms with Gasteiger partial charge in [-0.05, 0) is 30.7 Å². The normalized spacial score (nSPS) is 12.6. The van der Waals surface area contributed by atoms with Crippen LogP contribution in [0.25, 0.3) is 0 Å². The molecule has 1 rings (SSSR count). The van der Waals surface area contributed by atoms with E-state index in [0.717, 1.165) is 4.90 Å². The van der Waals surface area contributed by atoms with Crippen molar-refractivity contribution in [3.8, 4) is 0 Å². The Kier molecular flexibility index (Phi) is 8.84. The second-order valence-corrected chi connectivity index (χ2v) is 8.54. The summed E-state index contributed by atoms with van der Waals surface area (Å²) in [5.41, 5.74) is 0. The number of hydrogen-bond donors (Lipinski definition) is 0. The summed E-state index contributed by atoms with van der Waals surface area (Å²) >= 11 is 7.30. The van der Waals surface area contributed by atoms with Crippen molar-refractivity contribution >= 4 is 31.0 Å². The first kappa shape index (κ1) is 19.3. The molecule has 0 bridgehead atoms. The third-order valence-corrected chi connectivity index (χ3v) is 6.84. The smallest absolute Gasteiger partial charge is 0.304 e. The molecule has 0 aliphatic carbocycles. The standard InChI is InChI=1S/C16H20ClO3PS/c1-4-7-16(22-15-10-8-14(17)9-11-15)21(18,19-12-5-2)20-13-6-3/h4-6,8-11,16H,1-3,7,12-13H2. The Morgan fingerprint density at radius 2 is 1.64 bits per heavy atom. The molecule has 0 aliphatic heterocycles. The summed E-state index contributed by atoms with van der Waals surface area (Å²) in [7, 11) is -3.34. The zero-order valence-electron chi connectivity index (χ0n) is 12.3. The van der Waals surface area contributed by atoms with Gasteiger partial charge in [-0.25, -0.2) is 0 Å². The van der Waals surface area contributed by atoms with Gasteiger partial charge in [-0.1, -0.05) is 29.8 Å². The molecular weight excluding hydrogens is 339 g/mol. The quantitative estimate of drug-likeness (QED) is 0.279. The van der Waals surface area contributed by atoms with E-state index in [1.807, 2.05) is 12.1 Å². The van der Waals surface area contributed by atoms with E-state index in [0.29, 0.717) is 11.4 Å². The Morgan fingerprint density at radius 1 is 1.09 bits per heavy atom. The maximum absolute atomic E-state index is 13.1. The van der Waals surface area contributed by atoms with Crippen LogP contribution in [0.4, 0.5) is 0 Å². The minimum absolute atomic E-state index is 0.156. The SMILES string of the molecule is C=CCOP(=O)(OCC=C)C(CC=C)Sc1ccc(Cl)cc1. The second kappa shape index (κ2) is 10.1. The summed E-state index contributed by atoms with van der Waals surface area (Å²) in [4.78, 5) is 0.534. The third-order valence-electron chi connectivity index (χ3n) is 2.55. The largest absolute Gasteiger partial charge is 0.344 e. The first-order valence-electron chi connectivity index (χ1n) is 6.69. The highest BCUT2D eigenvalue weighted by Crippen LogP contribution is 2.59. The van der Waals surface area contributed by atoms with Crippen LogP contribution in [-0.2, 0) is 13.6 Å². The van der Waals surface area contributed by atoms with Crippen LogP contribution in [0.1, 0.15) is 6.42 Å². The highest BCUT2D eigenvalue weighted by atomic mass is 35.5. The lowest BCUT2D eigenvalue weighted by molar-refractivity contribution is 0.235. The minimum atomic E-state index is -3.34. The van der Waals surface area contributed by atoms with E-state index in [4.69, 9.17) is 20.6 Å². The van der Waals surface area contributed by atoms with Gasteiger partial charge < -0.3 is 9.05 Å². The molecule has 1 unspecified atom stereocenters. The lowest BCUT2D eigenvalue weighted by Crippen LogP contribution is -2.10. The van der Waals surface area contributed by atoms with Gasteiger partial charge in [-0.2, -0.15) is 0 Å². The number of halogens is 1. The van der Waals surface area contributed by atoms with Crippen LogP contribution in [0.15, 0.2) is 67.1 Å². The average Bonchev–Trinajstić information content (AvgIpc) is 2.52. The zero-order chi connectivity index (χ0) is 16.4. The Bertz CT molecular complexity index is 529. The number of hydrogen-bond acceptors (Lipinski definition) is 4. The lowest BCUT2D eigenvalue weighted by atomic mass is 10.4. The fraction of sp³-hybridized carbons (Fsp3) is 0.250. The third kappa shape index (κ3) is 6.15. The van der Waals surface area contributed by atoms with Crippen LogP contribution in [0.3, 0.4) is 0 Å². The minimum Gasteiger partial charge on any atom is -0.304 e. The maximum atomic E-state index is 13.1. The molecule has 0 amide bonds. The molecule has 22 heavy (non-hydrogen) atoms. The molecule has 0 spiro atoms. The Morgan fingerprint density at radius 3 is 2.09 bits per heavy atom. The van der Waals surface area contributed by atoms with Gasteiger partial charge >= 0.3 is 7.60 Å². The van der Waals surface area contributed by atoms with E-state index in [2.05, 4.69) is 19.7 Å². The number of thioether (sulfide) groups is 1. The molecule has 0 saturated heterocycles. The summed E-state index contributed by atoms with van der Waals surface area (Å²) in [6, 6.07) is 7.31. The molecular formula is C16H20ClO3PS. The Labute approximate surface area is 141 Å². The number of allylic oxidation sites excluding steroid dienone is 1. The van der Waals surface area contributed by atoms with Crippen LogP contribution >= 0.6 is 31.0 Å². The predicted molar refractivity (Wildman–Crippen MR) is 95.8 cm³/mol. The zero-order valence-corrected chi connectivity index (χ0v) is 14.8. The lowest BCUT2D eigenvalue weighted by Gasteiger charge is -2.25. The van der Waals surface area contributed by atoms with Crippen LogP contribution in [-0.4, -0.2) is 18.2 Å². The molecule has 6 heteroatoms. The molecule has 1 atom stereocenters. The first-order chi connectivity index (χ1) is 10.6. The van der Waals surface area contributed by atoms with Gasteiger partial charge in [-0.15, -0.1) is 31.5 Å². The van der Waals surface area contributed by atoms with Crippen molar-refractivity contribution in [3.63, 3.8) is 0 Å². The molecule has 120 valence electrons. The molecule has 1 aromatic rings. The second-order valence-electron chi connectivity index (χ2n) is 4.26. The van der Waals surface area contributed by atoms with Crippen LogP contribution in [0.2, 0.25) is 5.02 Å². The van der Waals surface area contributed by atoms with Gasteiger partial charge in [0.15, 0.2) is 0 Å². The van der Waals surface area contributed by atoms with E-state index in [1.54, 1.807) is 30.4 Å². The fourth-order valence-electron chi connectivity index (χ4n) is 1.57. The predicted octanol–water partition coefficient (Wildman–Crippen LogP) is 5.93. The van der Waals surface area contributed by atoms with E-state index in [9.17, 15) is 4.57 Å². The van der Waals surface area contributed by atoms with Crippen LogP contribution < -0.4 is 0 Å². The number of benzene rings is 1. The summed E-state index contributed by atoms with van der Waals surface area (Å²) in [5.74, 6) is 0. The molecule has 0 aliphatic rings. The molecule has 0 N–H and O–H groups in total. The Hall–Kier alpha value is -0.770. The molecule has 0 fully saturated rings. The van der Waals surface area contributed by atoms with E-state index in [-0.39, 0.29) is 13.2 Å². The number of rotatable bonds is 11. The Balaban J connectivity index is 2.97.